The topological polar surface area (TPSA) is 58.0 Å². The van der Waals surface area contributed by atoms with E-state index in [0.29, 0.717) is 5.75 Å². The van der Waals surface area contributed by atoms with Gasteiger partial charge in [0, 0.05) is 4.91 Å². The molecule has 0 N–H and O–H groups in total. The number of rotatable bonds is 3. The van der Waals surface area contributed by atoms with Gasteiger partial charge >= 0.3 is 6.18 Å². The summed E-state index contributed by atoms with van der Waals surface area (Å²) in [5.41, 5.74) is 7.44. The van der Waals surface area contributed by atoms with Gasteiger partial charge in [0.25, 0.3) is 0 Å². The zero-order valence-corrected chi connectivity index (χ0v) is 12.2. The molecule has 0 bridgehead atoms. The van der Waals surface area contributed by atoms with Crippen LogP contribution in [0, 0.1) is 0 Å². The van der Waals surface area contributed by atoms with Crippen molar-refractivity contribution in [3.05, 3.63) is 76.7 Å². The van der Waals surface area contributed by atoms with E-state index in [9.17, 15) is 13.2 Å². The molecule has 0 saturated heterocycles. The summed E-state index contributed by atoms with van der Waals surface area (Å²) >= 11 is 0. The number of alkyl halides is 3. The Morgan fingerprint density at radius 2 is 1.67 bits per heavy atom. The van der Waals surface area contributed by atoms with Crippen molar-refractivity contribution in [3.63, 3.8) is 0 Å². The third-order valence-electron chi connectivity index (χ3n) is 3.39. The van der Waals surface area contributed by atoms with Gasteiger partial charge in [0.1, 0.15) is 11.5 Å². The van der Waals surface area contributed by atoms with Crippen LogP contribution in [0.1, 0.15) is 5.56 Å². The highest BCUT2D eigenvalue weighted by atomic mass is 19.4. The van der Waals surface area contributed by atoms with Crippen molar-refractivity contribution in [1.82, 2.24) is 0 Å². The standard InChI is InChI=1S/C17H10F3N3O/c18-17(19,20)13-6-8-16(15(10-13)22-23-21)24-14-7-5-11-3-1-2-4-12(11)9-14/h1-10H. The second-order valence-corrected chi connectivity index (χ2v) is 4.98. The monoisotopic (exact) mass is 329 g/mol. The molecule has 3 aromatic rings. The van der Waals surface area contributed by atoms with Crippen LogP contribution in [0.25, 0.3) is 21.2 Å². The largest absolute Gasteiger partial charge is 0.457 e. The molecule has 0 spiro atoms. The van der Waals surface area contributed by atoms with Crippen LogP contribution >= 0.6 is 0 Å². The van der Waals surface area contributed by atoms with Crippen molar-refractivity contribution >= 4 is 16.5 Å². The minimum atomic E-state index is -4.53. The maximum atomic E-state index is 12.8. The predicted molar refractivity (Wildman–Crippen MR) is 84.3 cm³/mol. The lowest BCUT2D eigenvalue weighted by atomic mass is 10.1. The molecule has 0 aliphatic rings. The first-order valence-corrected chi connectivity index (χ1v) is 6.90. The fourth-order valence-corrected chi connectivity index (χ4v) is 2.26. The number of hydrogen-bond acceptors (Lipinski definition) is 2. The van der Waals surface area contributed by atoms with Crippen LogP contribution in [-0.2, 0) is 6.18 Å². The molecule has 120 valence electrons. The summed E-state index contributed by atoms with van der Waals surface area (Å²) in [7, 11) is 0. The molecule has 0 radical (unpaired) electrons. The average Bonchev–Trinajstić information content (AvgIpc) is 2.55. The Morgan fingerprint density at radius 3 is 2.38 bits per heavy atom. The van der Waals surface area contributed by atoms with Crippen molar-refractivity contribution < 1.29 is 17.9 Å². The van der Waals surface area contributed by atoms with Crippen LogP contribution in [0.4, 0.5) is 18.9 Å². The number of azide groups is 1. The number of ether oxygens (including phenoxy) is 1. The first kappa shape index (κ1) is 15.7. The Balaban J connectivity index is 2.00. The third-order valence-corrected chi connectivity index (χ3v) is 3.39. The second kappa shape index (κ2) is 6.14. The predicted octanol–water partition coefficient (Wildman–Crippen LogP) is 6.59. The highest BCUT2D eigenvalue weighted by Gasteiger charge is 2.31. The molecule has 0 atom stereocenters. The van der Waals surface area contributed by atoms with E-state index in [0.717, 1.165) is 29.0 Å². The van der Waals surface area contributed by atoms with E-state index in [1.807, 2.05) is 30.3 Å². The third kappa shape index (κ3) is 3.26. The molecule has 24 heavy (non-hydrogen) atoms. The molecule has 0 saturated carbocycles. The van der Waals surface area contributed by atoms with E-state index in [2.05, 4.69) is 10.0 Å². The van der Waals surface area contributed by atoms with E-state index >= 15 is 0 Å². The van der Waals surface area contributed by atoms with E-state index < -0.39 is 11.7 Å². The van der Waals surface area contributed by atoms with Gasteiger partial charge in [-0.2, -0.15) is 13.2 Å². The van der Waals surface area contributed by atoms with Crippen molar-refractivity contribution in [2.24, 2.45) is 5.11 Å². The number of benzene rings is 3. The normalized spacial score (nSPS) is 11.1. The summed E-state index contributed by atoms with van der Waals surface area (Å²) in [5.74, 6) is 0.485. The Bertz CT molecular complexity index is 947. The second-order valence-electron chi connectivity index (χ2n) is 4.98. The molecule has 7 heteroatoms. The minimum Gasteiger partial charge on any atom is -0.457 e. The first-order chi connectivity index (χ1) is 11.5. The lowest BCUT2D eigenvalue weighted by Crippen LogP contribution is -2.04. The van der Waals surface area contributed by atoms with E-state index in [1.54, 1.807) is 12.1 Å². The highest BCUT2D eigenvalue weighted by molar-refractivity contribution is 5.83. The Labute approximate surface area is 134 Å². The van der Waals surface area contributed by atoms with Gasteiger partial charge < -0.3 is 4.74 Å². The van der Waals surface area contributed by atoms with Gasteiger partial charge in [-0.05, 0) is 46.6 Å². The van der Waals surface area contributed by atoms with Crippen molar-refractivity contribution in [1.29, 1.82) is 0 Å². The summed E-state index contributed by atoms with van der Waals surface area (Å²) in [4.78, 5) is 2.56. The number of nitrogens with zero attached hydrogens (tertiary/aromatic N) is 3. The van der Waals surface area contributed by atoms with Crippen LogP contribution in [0.2, 0.25) is 0 Å². The lowest BCUT2D eigenvalue weighted by molar-refractivity contribution is -0.137. The maximum absolute atomic E-state index is 12.8. The van der Waals surface area contributed by atoms with Gasteiger partial charge in [-0.3, -0.25) is 0 Å². The van der Waals surface area contributed by atoms with E-state index in [-0.39, 0.29) is 11.4 Å². The van der Waals surface area contributed by atoms with Gasteiger partial charge in [-0.25, -0.2) is 0 Å². The van der Waals surface area contributed by atoms with Gasteiger partial charge in [0.15, 0.2) is 0 Å². The minimum absolute atomic E-state index is 0.0519. The van der Waals surface area contributed by atoms with Gasteiger partial charge in [-0.1, -0.05) is 35.4 Å². The quantitative estimate of drug-likeness (QED) is 0.303. The Kier molecular flexibility index (Phi) is 4.02. The molecule has 0 amide bonds. The Hall–Kier alpha value is -3.18. The summed E-state index contributed by atoms with van der Waals surface area (Å²) in [6.45, 7) is 0. The fraction of sp³-hybridized carbons (Fsp3) is 0.0588. The van der Waals surface area contributed by atoms with Crippen molar-refractivity contribution in [2.75, 3.05) is 0 Å². The molecule has 3 aromatic carbocycles. The molecular formula is C17H10F3N3O. The summed E-state index contributed by atoms with van der Waals surface area (Å²) in [6, 6.07) is 15.7. The highest BCUT2D eigenvalue weighted by Crippen LogP contribution is 2.38. The van der Waals surface area contributed by atoms with Crippen LogP contribution in [0.5, 0.6) is 11.5 Å². The summed E-state index contributed by atoms with van der Waals surface area (Å²) < 4.78 is 43.9. The van der Waals surface area contributed by atoms with Crippen molar-refractivity contribution in [3.8, 4) is 11.5 Å². The fourth-order valence-electron chi connectivity index (χ4n) is 2.26. The summed E-state index contributed by atoms with van der Waals surface area (Å²) in [6.07, 6.45) is -4.53. The van der Waals surface area contributed by atoms with Crippen LogP contribution in [-0.4, -0.2) is 0 Å². The molecular weight excluding hydrogens is 319 g/mol. The van der Waals surface area contributed by atoms with Gasteiger partial charge in [0.2, 0.25) is 0 Å². The van der Waals surface area contributed by atoms with Crippen molar-refractivity contribution in [2.45, 2.75) is 6.18 Å². The van der Waals surface area contributed by atoms with Crippen LogP contribution in [0.15, 0.2) is 65.8 Å². The van der Waals surface area contributed by atoms with E-state index in [4.69, 9.17) is 10.3 Å². The van der Waals surface area contributed by atoms with E-state index in [1.165, 1.54) is 0 Å². The van der Waals surface area contributed by atoms with Crippen LogP contribution < -0.4 is 4.74 Å². The maximum Gasteiger partial charge on any atom is 0.416 e. The zero-order valence-electron chi connectivity index (χ0n) is 12.2. The summed E-state index contributed by atoms with van der Waals surface area (Å²) in [5, 5.41) is 5.23. The molecule has 0 heterocycles. The molecule has 0 aliphatic heterocycles. The molecule has 0 aliphatic carbocycles. The molecule has 0 fully saturated rings. The Morgan fingerprint density at radius 1 is 0.917 bits per heavy atom. The molecule has 0 unspecified atom stereocenters. The first-order valence-electron chi connectivity index (χ1n) is 6.90. The molecule has 0 aromatic heterocycles. The van der Waals surface area contributed by atoms with Gasteiger partial charge in [0.05, 0.1) is 11.3 Å². The number of hydrogen-bond donors (Lipinski definition) is 0. The number of halogens is 3. The SMILES string of the molecule is [N-]=[N+]=Nc1cc(C(F)(F)F)ccc1Oc1ccc2ccccc2c1. The number of fused-ring (bicyclic) bond motifs is 1. The lowest BCUT2D eigenvalue weighted by Gasteiger charge is -2.12. The average molecular weight is 329 g/mol. The zero-order chi connectivity index (χ0) is 17.2. The van der Waals surface area contributed by atoms with Crippen LogP contribution in [0.3, 0.4) is 0 Å². The smallest absolute Gasteiger partial charge is 0.416 e. The molecule has 4 nitrogen and oxygen atoms in total. The molecule has 3 rings (SSSR count). The van der Waals surface area contributed by atoms with Gasteiger partial charge in [-0.15, -0.1) is 0 Å².